The molecule has 2 rings (SSSR count). The fourth-order valence-corrected chi connectivity index (χ4v) is 2.06. The number of carboxylic acid groups (broad SMARTS) is 1. The first-order valence-electron chi connectivity index (χ1n) is 5.31. The monoisotopic (exact) mass is 222 g/mol. The Labute approximate surface area is 93.2 Å². The standard InChI is InChI=1S/C12H14O4/c13-8-3-4-9(11(14)5-8)10(6-12(15)16)7-1-2-7/h3-5,7,10,13-14H,1-2,6H2,(H,15,16). The van der Waals surface area contributed by atoms with Crippen LogP contribution in [0.3, 0.4) is 0 Å². The van der Waals surface area contributed by atoms with Gasteiger partial charge in [-0.3, -0.25) is 4.79 Å². The Kier molecular flexibility index (Phi) is 2.73. The topological polar surface area (TPSA) is 77.8 Å². The molecule has 0 amide bonds. The maximum Gasteiger partial charge on any atom is 0.303 e. The van der Waals surface area contributed by atoms with Crippen molar-refractivity contribution in [3.05, 3.63) is 23.8 Å². The second-order valence-electron chi connectivity index (χ2n) is 4.28. The van der Waals surface area contributed by atoms with Crippen molar-refractivity contribution in [3.63, 3.8) is 0 Å². The van der Waals surface area contributed by atoms with Gasteiger partial charge in [0.25, 0.3) is 0 Å². The minimum Gasteiger partial charge on any atom is -0.508 e. The summed E-state index contributed by atoms with van der Waals surface area (Å²) in [4.78, 5) is 10.8. The Bertz CT molecular complexity index is 409. The first-order chi connectivity index (χ1) is 7.58. The number of carboxylic acids is 1. The number of phenolic OH excluding ortho intramolecular Hbond substituents is 2. The number of benzene rings is 1. The lowest BCUT2D eigenvalue weighted by molar-refractivity contribution is -0.137. The van der Waals surface area contributed by atoms with Crippen LogP contribution in [0.4, 0.5) is 0 Å². The van der Waals surface area contributed by atoms with Crippen LogP contribution in [0.15, 0.2) is 18.2 Å². The molecule has 4 nitrogen and oxygen atoms in total. The molecule has 1 aliphatic carbocycles. The number of rotatable bonds is 4. The van der Waals surface area contributed by atoms with Gasteiger partial charge >= 0.3 is 5.97 Å². The zero-order chi connectivity index (χ0) is 11.7. The summed E-state index contributed by atoms with van der Waals surface area (Å²) in [5.41, 5.74) is 0.628. The van der Waals surface area contributed by atoms with Crippen LogP contribution in [-0.4, -0.2) is 21.3 Å². The molecule has 0 aliphatic heterocycles. The largest absolute Gasteiger partial charge is 0.508 e. The number of aromatic hydroxyl groups is 2. The molecule has 0 aromatic heterocycles. The van der Waals surface area contributed by atoms with Crippen LogP contribution in [0.2, 0.25) is 0 Å². The van der Waals surface area contributed by atoms with E-state index in [2.05, 4.69) is 0 Å². The van der Waals surface area contributed by atoms with E-state index in [9.17, 15) is 15.0 Å². The molecular weight excluding hydrogens is 208 g/mol. The van der Waals surface area contributed by atoms with Crippen molar-refractivity contribution < 1.29 is 20.1 Å². The lowest BCUT2D eigenvalue weighted by atomic mass is 9.90. The van der Waals surface area contributed by atoms with Gasteiger partial charge in [0.15, 0.2) is 0 Å². The molecule has 1 saturated carbocycles. The number of carbonyl (C=O) groups is 1. The van der Waals surface area contributed by atoms with Crippen molar-refractivity contribution in [3.8, 4) is 11.5 Å². The molecule has 1 atom stereocenters. The van der Waals surface area contributed by atoms with E-state index in [1.807, 2.05) is 0 Å². The molecule has 1 unspecified atom stereocenters. The van der Waals surface area contributed by atoms with Gasteiger partial charge in [-0.25, -0.2) is 0 Å². The molecule has 1 fully saturated rings. The van der Waals surface area contributed by atoms with Gasteiger partial charge in [0, 0.05) is 12.0 Å². The first-order valence-corrected chi connectivity index (χ1v) is 5.31. The second kappa shape index (κ2) is 4.04. The molecule has 0 saturated heterocycles. The van der Waals surface area contributed by atoms with Crippen LogP contribution in [0.1, 0.15) is 30.7 Å². The van der Waals surface area contributed by atoms with E-state index >= 15 is 0 Å². The first kappa shape index (κ1) is 10.8. The van der Waals surface area contributed by atoms with E-state index in [-0.39, 0.29) is 23.8 Å². The third kappa shape index (κ3) is 2.27. The molecule has 1 aliphatic rings. The van der Waals surface area contributed by atoms with Crippen molar-refractivity contribution in [2.75, 3.05) is 0 Å². The Morgan fingerprint density at radius 2 is 2.06 bits per heavy atom. The molecule has 3 N–H and O–H groups in total. The highest BCUT2D eigenvalue weighted by Gasteiger charge is 2.35. The number of phenols is 2. The number of aliphatic carboxylic acids is 1. The summed E-state index contributed by atoms with van der Waals surface area (Å²) in [5, 5.41) is 27.7. The third-order valence-corrected chi connectivity index (χ3v) is 3.00. The quantitative estimate of drug-likeness (QED) is 0.728. The molecule has 0 radical (unpaired) electrons. The minimum atomic E-state index is -0.857. The summed E-state index contributed by atoms with van der Waals surface area (Å²) in [5.74, 6) is -0.668. The van der Waals surface area contributed by atoms with Crippen LogP contribution in [-0.2, 0) is 4.79 Å². The van der Waals surface area contributed by atoms with Crippen LogP contribution in [0.25, 0.3) is 0 Å². The smallest absolute Gasteiger partial charge is 0.303 e. The van der Waals surface area contributed by atoms with Gasteiger partial charge in [0.1, 0.15) is 11.5 Å². The van der Waals surface area contributed by atoms with Crippen molar-refractivity contribution in [1.29, 1.82) is 0 Å². The Morgan fingerprint density at radius 3 is 2.56 bits per heavy atom. The zero-order valence-corrected chi connectivity index (χ0v) is 8.76. The van der Waals surface area contributed by atoms with Crippen LogP contribution in [0.5, 0.6) is 11.5 Å². The molecule has 16 heavy (non-hydrogen) atoms. The number of hydrogen-bond donors (Lipinski definition) is 3. The fourth-order valence-electron chi connectivity index (χ4n) is 2.06. The molecular formula is C12H14O4. The summed E-state index contributed by atoms with van der Waals surface area (Å²) in [6.45, 7) is 0. The molecule has 86 valence electrons. The highest BCUT2D eigenvalue weighted by molar-refractivity contribution is 5.68. The predicted octanol–water partition coefficient (Wildman–Crippen LogP) is 2.07. The zero-order valence-electron chi connectivity index (χ0n) is 8.76. The fraction of sp³-hybridized carbons (Fsp3) is 0.417. The van der Waals surface area contributed by atoms with Gasteiger partial charge in [-0.1, -0.05) is 6.07 Å². The van der Waals surface area contributed by atoms with Gasteiger partial charge in [-0.05, 0) is 30.4 Å². The van der Waals surface area contributed by atoms with E-state index in [1.165, 1.54) is 12.1 Å². The van der Waals surface area contributed by atoms with E-state index in [0.29, 0.717) is 11.5 Å². The molecule has 0 spiro atoms. The summed E-state index contributed by atoms with van der Waals surface area (Å²) < 4.78 is 0. The van der Waals surface area contributed by atoms with Gasteiger partial charge in [0.2, 0.25) is 0 Å². The predicted molar refractivity (Wildman–Crippen MR) is 57.5 cm³/mol. The van der Waals surface area contributed by atoms with Crippen molar-refractivity contribution >= 4 is 5.97 Å². The molecule has 1 aromatic carbocycles. The minimum absolute atomic E-state index is 0.00822. The van der Waals surface area contributed by atoms with E-state index in [4.69, 9.17) is 5.11 Å². The highest BCUT2D eigenvalue weighted by atomic mass is 16.4. The molecule has 1 aromatic rings. The average molecular weight is 222 g/mol. The van der Waals surface area contributed by atoms with E-state index < -0.39 is 5.97 Å². The molecule has 4 heteroatoms. The van der Waals surface area contributed by atoms with Gasteiger partial charge in [0.05, 0.1) is 6.42 Å². The highest BCUT2D eigenvalue weighted by Crippen LogP contribution is 2.47. The Balaban J connectivity index is 2.27. The number of hydrogen-bond acceptors (Lipinski definition) is 3. The third-order valence-electron chi connectivity index (χ3n) is 3.00. The molecule has 0 bridgehead atoms. The van der Waals surface area contributed by atoms with Crippen molar-refractivity contribution in [2.24, 2.45) is 5.92 Å². The Hall–Kier alpha value is -1.71. The van der Waals surface area contributed by atoms with Gasteiger partial charge < -0.3 is 15.3 Å². The lowest BCUT2D eigenvalue weighted by Gasteiger charge is -2.15. The van der Waals surface area contributed by atoms with Crippen LogP contribution in [0, 0.1) is 5.92 Å². The molecule has 0 heterocycles. The summed E-state index contributed by atoms with van der Waals surface area (Å²) in [6.07, 6.45) is 2.06. The van der Waals surface area contributed by atoms with Crippen molar-refractivity contribution in [1.82, 2.24) is 0 Å². The summed E-state index contributed by atoms with van der Waals surface area (Å²) in [7, 11) is 0. The maximum atomic E-state index is 10.8. The van der Waals surface area contributed by atoms with Crippen LogP contribution >= 0.6 is 0 Å². The second-order valence-corrected chi connectivity index (χ2v) is 4.28. The SMILES string of the molecule is O=C(O)CC(c1ccc(O)cc1O)C1CC1. The van der Waals surface area contributed by atoms with Crippen molar-refractivity contribution in [2.45, 2.75) is 25.2 Å². The maximum absolute atomic E-state index is 10.8. The average Bonchev–Trinajstić information content (AvgIpc) is 2.97. The van der Waals surface area contributed by atoms with Gasteiger partial charge in [-0.2, -0.15) is 0 Å². The summed E-state index contributed by atoms with van der Waals surface area (Å²) in [6, 6.07) is 4.34. The lowest BCUT2D eigenvalue weighted by Crippen LogP contribution is -2.08. The summed E-state index contributed by atoms with van der Waals surface area (Å²) >= 11 is 0. The Morgan fingerprint density at radius 1 is 1.38 bits per heavy atom. The van der Waals surface area contributed by atoms with E-state index in [0.717, 1.165) is 12.8 Å². The van der Waals surface area contributed by atoms with Crippen LogP contribution < -0.4 is 0 Å². The van der Waals surface area contributed by atoms with Gasteiger partial charge in [-0.15, -0.1) is 0 Å². The normalized spacial score (nSPS) is 17.0. The van der Waals surface area contributed by atoms with E-state index in [1.54, 1.807) is 6.07 Å².